The Bertz CT molecular complexity index is 426. The molecule has 7 heteroatoms. The maximum absolute atomic E-state index is 13.2. The van der Waals surface area contributed by atoms with Crippen molar-refractivity contribution in [3.63, 3.8) is 0 Å². The quantitative estimate of drug-likeness (QED) is 0.782. The number of ether oxygens (including phenoxy) is 1. The fraction of sp³-hybridized carbons (Fsp3) is 0.300. The first-order valence-electron chi connectivity index (χ1n) is 4.65. The van der Waals surface area contributed by atoms with Gasteiger partial charge in [0.1, 0.15) is 11.9 Å². The average Bonchev–Trinajstić information content (AvgIpc) is 2.25. The van der Waals surface area contributed by atoms with Crippen molar-refractivity contribution in [3.05, 3.63) is 29.6 Å². The van der Waals surface area contributed by atoms with E-state index in [4.69, 9.17) is 5.73 Å². The zero-order valence-corrected chi connectivity index (χ0v) is 8.97. The standard InChI is InChI=1S/C10H11F3N2O2/c1-17-4-7(14)10(16)15-8-3-5(11)2-6(12)9(8)13/h2-3,7H,4,14H2,1H3,(H,15,16). The molecule has 0 spiro atoms. The molecular formula is C10H11F3N2O2. The van der Waals surface area contributed by atoms with Crippen LogP contribution in [0.2, 0.25) is 0 Å². The van der Waals surface area contributed by atoms with Crippen molar-refractivity contribution in [2.45, 2.75) is 6.04 Å². The summed E-state index contributed by atoms with van der Waals surface area (Å²) >= 11 is 0. The third-order valence-corrected chi connectivity index (χ3v) is 1.93. The van der Waals surface area contributed by atoms with Crippen molar-refractivity contribution < 1.29 is 22.7 Å². The lowest BCUT2D eigenvalue weighted by molar-refractivity contribution is -0.118. The van der Waals surface area contributed by atoms with Gasteiger partial charge in [0, 0.05) is 19.2 Å². The number of nitrogens with two attached hydrogens (primary N) is 1. The minimum Gasteiger partial charge on any atom is -0.383 e. The van der Waals surface area contributed by atoms with Gasteiger partial charge in [0.05, 0.1) is 12.3 Å². The highest BCUT2D eigenvalue weighted by Crippen LogP contribution is 2.19. The van der Waals surface area contributed by atoms with E-state index in [1.807, 2.05) is 5.32 Å². The molecule has 1 unspecified atom stereocenters. The number of amides is 1. The Hall–Kier alpha value is -1.60. The van der Waals surface area contributed by atoms with Crippen molar-refractivity contribution >= 4 is 11.6 Å². The largest absolute Gasteiger partial charge is 0.383 e. The van der Waals surface area contributed by atoms with Gasteiger partial charge in [0.25, 0.3) is 0 Å². The van der Waals surface area contributed by atoms with Crippen LogP contribution < -0.4 is 11.1 Å². The van der Waals surface area contributed by atoms with Crippen LogP contribution in [0.4, 0.5) is 18.9 Å². The summed E-state index contributed by atoms with van der Waals surface area (Å²) in [4.78, 5) is 11.3. The second-order valence-electron chi connectivity index (χ2n) is 3.30. The normalized spacial score (nSPS) is 12.3. The van der Waals surface area contributed by atoms with Gasteiger partial charge in [-0.25, -0.2) is 13.2 Å². The Morgan fingerprint density at radius 2 is 2.12 bits per heavy atom. The van der Waals surface area contributed by atoms with Crippen LogP contribution in [0.1, 0.15) is 0 Å². The van der Waals surface area contributed by atoms with Crippen LogP contribution in [0.5, 0.6) is 0 Å². The molecule has 0 saturated heterocycles. The minimum atomic E-state index is -1.39. The van der Waals surface area contributed by atoms with Gasteiger partial charge in [-0.15, -0.1) is 0 Å². The average molecular weight is 248 g/mol. The van der Waals surface area contributed by atoms with Gasteiger partial charge < -0.3 is 15.8 Å². The lowest BCUT2D eigenvalue weighted by atomic mass is 10.2. The molecule has 0 fully saturated rings. The van der Waals surface area contributed by atoms with Crippen LogP contribution in [-0.4, -0.2) is 25.7 Å². The molecule has 3 N–H and O–H groups in total. The number of rotatable bonds is 4. The molecule has 0 saturated carbocycles. The number of halogens is 3. The topological polar surface area (TPSA) is 64.3 Å². The summed E-state index contributed by atoms with van der Waals surface area (Å²) in [5.74, 6) is -4.53. The first kappa shape index (κ1) is 13.5. The van der Waals surface area contributed by atoms with E-state index in [9.17, 15) is 18.0 Å². The van der Waals surface area contributed by atoms with Crippen LogP contribution in [0.15, 0.2) is 12.1 Å². The maximum atomic E-state index is 13.2. The number of carbonyl (C=O) groups is 1. The lowest BCUT2D eigenvalue weighted by Crippen LogP contribution is -2.39. The molecule has 0 aromatic heterocycles. The predicted octanol–water partition coefficient (Wildman–Crippen LogP) is 1.02. The summed E-state index contributed by atoms with van der Waals surface area (Å²) < 4.78 is 43.4. The maximum Gasteiger partial charge on any atom is 0.243 e. The number of benzene rings is 1. The molecule has 1 amide bonds. The molecule has 0 radical (unpaired) electrons. The Morgan fingerprint density at radius 3 is 2.71 bits per heavy atom. The summed E-state index contributed by atoms with van der Waals surface area (Å²) in [6.07, 6.45) is 0. The fourth-order valence-electron chi connectivity index (χ4n) is 1.13. The Labute approximate surface area is 95.6 Å². The molecule has 0 heterocycles. The Morgan fingerprint density at radius 1 is 1.47 bits per heavy atom. The number of hydrogen-bond acceptors (Lipinski definition) is 3. The van der Waals surface area contributed by atoms with Gasteiger partial charge in [-0.3, -0.25) is 4.79 Å². The number of anilines is 1. The predicted molar refractivity (Wildman–Crippen MR) is 54.8 cm³/mol. The molecule has 4 nitrogen and oxygen atoms in total. The monoisotopic (exact) mass is 248 g/mol. The van der Waals surface area contributed by atoms with Crippen LogP contribution in [-0.2, 0) is 9.53 Å². The smallest absolute Gasteiger partial charge is 0.243 e. The third kappa shape index (κ3) is 3.43. The van der Waals surface area contributed by atoms with Crippen molar-refractivity contribution in [3.8, 4) is 0 Å². The molecule has 0 aliphatic rings. The van der Waals surface area contributed by atoms with E-state index in [2.05, 4.69) is 4.74 Å². The van der Waals surface area contributed by atoms with Crippen LogP contribution in [0, 0.1) is 17.5 Å². The summed E-state index contributed by atoms with van der Waals surface area (Å²) in [6, 6.07) is -0.0126. The second kappa shape index (κ2) is 5.65. The van der Waals surface area contributed by atoms with E-state index in [0.717, 1.165) is 0 Å². The van der Waals surface area contributed by atoms with Crippen molar-refractivity contribution in [2.75, 3.05) is 19.0 Å². The summed E-state index contributed by atoms with van der Waals surface area (Å²) in [6.45, 7) is -0.0920. The number of nitrogens with one attached hydrogen (secondary N) is 1. The number of methoxy groups -OCH3 is 1. The highest BCUT2D eigenvalue weighted by molar-refractivity contribution is 5.94. The van der Waals surface area contributed by atoms with E-state index in [1.165, 1.54) is 7.11 Å². The molecule has 0 aliphatic heterocycles. The first-order chi connectivity index (χ1) is 7.95. The van der Waals surface area contributed by atoms with Gasteiger partial charge in [-0.05, 0) is 0 Å². The molecule has 1 atom stereocenters. The van der Waals surface area contributed by atoms with E-state index < -0.39 is 35.1 Å². The fourth-order valence-corrected chi connectivity index (χ4v) is 1.13. The lowest BCUT2D eigenvalue weighted by Gasteiger charge is -2.12. The van der Waals surface area contributed by atoms with Gasteiger partial charge in [-0.1, -0.05) is 0 Å². The summed E-state index contributed by atoms with van der Waals surface area (Å²) in [5, 5.41) is 1.98. The molecule has 1 aromatic rings. The SMILES string of the molecule is COCC(N)C(=O)Nc1cc(F)cc(F)c1F. The molecule has 17 heavy (non-hydrogen) atoms. The molecule has 1 aromatic carbocycles. The highest BCUT2D eigenvalue weighted by atomic mass is 19.2. The van der Waals surface area contributed by atoms with Gasteiger partial charge in [0.15, 0.2) is 11.6 Å². The summed E-state index contributed by atoms with van der Waals surface area (Å²) in [7, 11) is 1.33. The van der Waals surface area contributed by atoms with Crippen molar-refractivity contribution in [1.29, 1.82) is 0 Å². The van der Waals surface area contributed by atoms with Crippen LogP contribution >= 0.6 is 0 Å². The minimum absolute atomic E-state index is 0.0920. The van der Waals surface area contributed by atoms with E-state index in [-0.39, 0.29) is 6.61 Å². The summed E-state index contributed by atoms with van der Waals surface area (Å²) in [5.41, 5.74) is 4.76. The number of hydrogen-bond donors (Lipinski definition) is 2. The molecule has 94 valence electrons. The highest BCUT2D eigenvalue weighted by Gasteiger charge is 2.17. The van der Waals surface area contributed by atoms with Crippen LogP contribution in [0.3, 0.4) is 0 Å². The third-order valence-electron chi connectivity index (χ3n) is 1.93. The second-order valence-corrected chi connectivity index (χ2v) is 3.30. The van der Waals surface area contributed by atoms with Gasteiger partial charge >= 0.3 is 0 Å². The molecule has 0 aliphatic carbocycles. The van der Waals surface area contributed by atoms with Crippen molar-refractivity contribution in [1.82, 2.24) is 0 Å². The molecule has 0 bridgehead atoms. The Kier molecular flexibility index (Phi) is 4.47. The molecule has 1 rings (SSSR count). The van der Waals surface area contributed by atoms with E-state index in [0.29, 0.717) is 12.1 Å². The van der Waals surface area contributed by atoms with Gasteiger partial charge in [0.2, 0.25) is 5.91 Å². The van der Waals surface area contributed by atoms with E-state index in [1.54, 1.807) is 0 Å². The van der Waals surface area contributed by atoms with E-state index >= 15 is 0 Å². The zero-order chi connectivity index (χ0) is 13.0. The Balaban J connectivity index is 2.85. The van der Waals surface area contributed by atoms with Gasteiger partial charge in [-0.2, -0.15) is 0 Å². The molecular weight excluding hydrogens is 237 g/mol. The zero-order valence-electron chi connectivity index (χ0n) is 8.97. The number of carbonyl (C=O) groups excluding carboxylic acids is 1. The van der Waals surface area contributed by atoms with Crippen molar-refractivity contribution in [2.24, 2.45) is 5.73 Å². The van der Waals surface area contributed by atoms with Crippen LogP contribution in [0.25, 0.3) is 0 Å². The first-order valence-corrected chi connectivity index (χ1v) is 4.65.